The molecule has 2 aromatic rings. The SMILES string of the molecule is CN1CCN(c2cc(C3N=C(Nc4ccc(N5CCOCC5)cc4)N=C3N)ccn2)CC1. The summed E-state index contributed by atoms with van der Waals surface area (Å²) in [6, 6.07) is 12.1. The third kappa shape index (κ3) is 4.53. The van der Waals surface area contributed by atoms with E-state index in [9.17, 15) is 0 Å². The van der Waals surface area contributed by atoms with Gasteiger partial charge in [0, 0.05) is 56.8 Å². The van der Waals surface area contributed by atoms with E-state index >= 15 is 0 Å². The second-order valence-electron chi connectivity index (χ2n) is 8.40. The molecule has 1 aromatic heterocycles. The third-order valence-corrected chi connectivity index (χ3v) is 6.18. The maximum atomic E-state index is 6.26. The molecule has 1 atom stereocenters. The quantitative estimate of drug-likeness (QED) is 0.754. The van der Waals surface area contributed by atoms with Gasteiger partial charge in [-0.3, -0.25) is 0 Å². The Morgan fingerprint density at radius 1 is 0.969 bits per heavy atom. The van der Waals surface area contributed by atoms with Gasteiger partial charge in [0.25, 0.3) is 0 Å². The summed E-state index contributed by atoms with van der Waals surface area (Å²) in [5.74, 6) is 2.00. The number of hydrogen-bond acceptors (Lipinski definition) is 9. The molecule has 3 aliphatic heterocycles. The number of benzene rings is 1. The lowest BCUT2D eigenvalue weighted by molar-refractivity contribution is 0.122. The molecule has 0 bridgehead atoms. The number of anilines is 3. The first-order valence-electron chi connectivity index (χ1n) is 11.2. The number of hydrogen-bond donors (Lipinski definition) is 2. The van der Waals surface area contributed by atoms with E-state index in [1.54, 1.807) is 0 Å². The van der Waals surface area contributed by atoms with E-state index in [2.05, 4.69) is 55.2 Å². The van der Waals surface area contributed by atoms with Gasteiger partial charge in [-0.25, -0.2) is 9.98 Å². The topological polar surface area (TPSA) is 94.6 Å². The number of aromatic nitrogens is 1. The summed E-state index contributed by atoms with van der Waals surface area (Å²) < 4.78 is 5.43. The number of likely N-dealkylation sites (N-methyl/N-ethyl adjacent to an activating group) is 1. The smallest absolute Gasteiger partial charge is 0.225 e. The summed E-state index contributed by atoms with van der Waals surface area (Å²) in [6.07, 6.45) is 1.83. The Labute approximate surface area is 188 Å². The van der Waals surface area contributed by atoms with Gasteiger partial charge in [0.15, 0.2) is 0 Å². The molecule has 5 rings (SSSR count). The lowest BCUT2D eigenvalue weighted by atomic mass is 10.1. The van der Waals surface area contributed by atoms with Gasteiger partial charge in [0.05, 0.1) is 13.2 Å². The fourth-order valence-electron chi connectivity index (χ4n) is 4.23. The number of nitrogens with zero attached hydrogens (tertiary/aromatic N) is 6. The van der Waals surface area contributed by atoms with Crippen molar-refractivity contribution in [2.45, 2.75) is 6.04 Å². The minimum Gasteiger partial charge on any atom is -0.385 e. The molecule has 9 heteroatoms. The average molecular weight is 435 g/mol. The second-order valence-corrected chi connectivity index (χ2v) is 8.40. The van der Waals surface area contributed by atoms with Gasteiger partial charge < -0.3 is 30.5 Å². The van der Waals surface area contributed by atoms with Crippen LogP contribution < -0.4 is 20.9 Å². The van der Waals surface area contributed by atoms with Crippen molar-refractivity contribution in [2.24, 2.45) is 15.7 Å². The molecule has 1 aromatic carbocycles. The van der Waals surface area contributed by atoms with E-state index in [0.29, 0.717) is 11.8 Å². The van der Waals surface area contributed by atoms with Crippen LogP contribution in [0.3, 0.4) is 0 Å². The van der Waals surface area contributed by atoms with Crippen molar-refractivity contribution in [1.29, 1.82) is 0 Å². The van der Waals surface area contributed by atoms with Crippen LogP contribution >= 0.6 is 0 Å². The van der Waals surface area contributed by atoms with Crippen molar-refractivity contribution < 1.29 is 4.74 Å². The minimum atomic E-state index is -0.292. The van der Waals surface area contributed by atoms with E-state index in [-0.39, 0.29) is 6.04 Å². The van der Waals surface area contributed by atoms with Crippen LogP contribution in [-0.4, -0.2) is 81.2 Å². The van der Waals surface area contributed by atoms with Gasteiger partial charge in [-0.1, -0.05) is 0 Å². The number of pyridine rings is 1. The second kappa shape index (κ2) is 9.13. The molecular formula is C23H30N8O. The lowest BCUT2D eigenvalue weighted by Gasteiger charge is -2.33. The molecule has 168 valence electrons. The van der Waals surface area contributed by atoms with Crippen molar-refractivity contribution in [3.8, 4) is 0 Å². The number of guanidine groups is 1. The van der Waals surface area contributed by atoms with Crippen molar-refractivity contribution in [3.05, 3.63) is 48.2 Å². The maximum absolute atomic E-state index is 6.26. The van der Waals surface area contributed by atoms with Crippen LogP contribution in [0.1, 0.15) is 11.6 Å². The zero-order valence-corrected chi connectivity index (χ0v) is 18.4. The molecule has 0 saturated carbocycles. The summed E-state index contributed by atoms with van der Waals surface area (Å²) >= 11 is 0. The highest BCUT2D eigenvalue weighted by Gasteiger charge is 2.24. The van der Waals surface area contributed by atoms with Crippen molar-refractivity contribution in [2.75, 3.05) is 74.6 Å². The number of morpholine rings is 1. The van der Waals surface area contributed by atoms with E-state index in [4.69, 9.17) is 15.5 Å². The van der Waals surface area contributed by atoms with Crippen LogP contribution in [-0.2, 0) is 4.74 Å². The largest absolute Gasteiger partial charge is 0.385 e. The first-order chi connectivity index (χ1) is 15.7. The normalized spacial score (nSPS) is 22.0. The molecule has 4 heterocycles. The van der Waals surface area contributed by atoms with Crippen LogP contribution in [0.15, 0.2) is 52.6 Å². The number of amidine groups is 1. The van der Waals surface area contributed by atoms with Crippen molar-refractivity contribution >= 4 is 29.0 Å². The Hall–Kier alpha value is -3.17. The van der Waals surface area contributed by atoms with Crippen molar-refractivity contribution in [1.82, 2.24) is 9.88 Å². The predicted octanol–water partition coefficient (Wildman–Crippen LogP) is 1.55. The first-order valence-corrected chi connectivity index (χ1v) is 11.2. The number of nitrogens with two attached hydrogens (primary N) is 1. The summed E-state index contributed by atoms with van der Waals surface area (Å²) in [5.41, 5.74) is 9.40. The molecule has 0 amide bonds. The van der Waals surface area contributed by atoms with E-state index < -0.39 is 0 Å². The molecule has 9 nitrogen and oxygen atoms in total. The molecule has 3 N–H and O–H groups in total. The molecule has 32 heavy (non-hydrogen) atoms. The molecular weight excluding hydrogens is 404 g/mol. The number of nitrogens with one attached hydrogen (secondary N) is 1. The summed E-state index contributed by atoms with van der Waals surface area (Å²) in [7, 11) is 2.15. The highest BCUT2D eigenvalue weighted by molar-refractivity contribution is 6.09. The third-order valence-electron chi connectivity index (χ3n) is 6.18. The number of piperazine rings is 1. The molecule has 3 aliphatic rings. The molecule has 0 radical (unpaired) electrons. The Morgan fingerprint density at radius 3 is 2.47 bits per heavy atom. The summed E-state index contributed by atoms with van der Waals surface area (Å²) in [5, 5.41) is 3.29. The Balaban J connectivity index is 1.26. The highest BCUT2D eigenvalue weighted by atomic mass is 16.5. The Bertz CT molecular complexity index is 991. The molecule has 2 saturated heterocycles. The van der Waals surface area contributed by atoms with Gasteiger partial charge in [0.1, 0.15) is 17.7 Å². The summed E-state index contributed by atoms with van der Waals surface area (Å²) in [6.45, 7) is 7.41. The summed E-state index contributed by atoms with van der Waals surface area (Å²) in [4.78, 5) is 20.7. The zero-order chi connectivity index (χ0) is 21.9. The van der Waals surface area contributed by atoms with Crippen molar-refractivity contribution in [3.63, 3.8) is 0 Å². The Morgan fingerprint density at radius 2 is 1.72 bits per heavy atom. The van der Waals surface area contributed by atoms with E-state index in [0.717, 1.165) is 69.6 Å². The lowest BCUT2D eigenvalue weighted by Crippen LogP contribution is -2.44. The van der Waals surface area contributed by atoms with Crippen LogP contribution in [0.2, 0.25) is 0 Å². The molecule has 0 aliphatic carbocycles. The number of rotatable bonds is 4. The van der Waals surface area contributed by atoms with Gasteiger partial charge in [-0.05, 0) is 49.0 Å². The predicted molar refractivity (Wildman–Crippen MR) is 129 cm³/mol. The molecule has 1 unspecified atom stereocenters. The number of aliphatic imine (C=N–C) groups is 2. The minimum absolute atomic E-state index is 0.292. The Kier molecular flexibility index (Phi) is 5.91. The van der Waals surface area contributed by atoms with E-state index in [1.807, 2.05) is 24.4 Å². The number of ether oxygens (including phenoxy) is 1. The van der Waals surface area contributed by atoms with Gasteiger partial charge in [-0.15, -0.1) is 0 Å². The van der Waals surface area contributed by atoms with Crippen LogP contribution in [0.5, 0.6) is 0 Å². The van der Waals surface area contributed by atoms with Crippen LogP contribution in [0.4, 0.5) is 17.2 Å². The maximum Gasteiger partial charge on any atom is 0.225 e. The zero-order valence-electron chi connectivity index (χ0n) is 18.4. The van der Waals surface area contributed by atoms with Crippen LogP contribution in [0.25, 0.3) is 0 Å². The first kappa shape index (κ1) is 20.7. The fourth-order valence-corrected chi connectivity index (χ4v) is 4.23. The average Bonchev–Trinajstić information content (AvgIpc) is 3.20. The fraction of sp³-hybridized carbons (Fsp3) is 0.435. The van der Waals surface area contributed by atoms with Gasteiger partial charge in [-0.2, -0.15) is 4.99 Å². The standard InChI is InChI=1S/C23H30N8O/c1-29-8-10-31(11-9-29)20-16-17(6-7-25-20)21-22(24)28-23(27-21)26-18-2-4-19(5-3-18)30-12-14-32-15-13-30/h2-7,16,21H,8-15H2,1H3,(H3,24,26,27,28). The monoisotopic (exact) mass is 434 g/mol. The highest BCUT2D eigenvalue weighted by Crippen LogP contribution is 2.26. The van der Waals surface area contributed by atoms with Gasteiger partial charge >= 0.3 is 0 Å². The molecule has 0 spiro atoms. The van der Waals surface area contributed by atoms with E-state index in [1.165, 1.54) is 5.69 Å². The van der Waals surface area contributed by atoms with Gasteiger partial charge in [0.2, 0.25) is 5.96 Å². The van der Waals surface area contributed by atoms with Crippen LogP contribution in [0, 0.1) is 0 Å². The molecule has 2 fully saturated rings.